The van der Waals surface area contributed by atoms with Gasteiger partial charge in [-0.1, -0.05) is 54.9 Å². The van der Waals surface area contributed by atoms with Crippen molar-refractivity contribution >= 4 is 17.6 Å². The highest BCUT2D eigenvalue weighted by atomic mass is 35.5. The summed E-state index contributed by atoms with van der Waals surface area (Å²) in [4.78, 5) is 13.4. The van der Waals surface area contributed by atoms with Crippen LogP contribution in [0.3, 0.4) is 0 Å². The van der Waals surface area contributed by atoms with E-state index in [2.05, 4.69) is 23.1 Å². The molecule has 3 rings (SSSR count). The van der Waals surface area contributed by atoms with Gasteiger partial charge < -0.3 is 14.9 Å². The molecule has 1 saturated heterocycles. The minimum Gasteiger partial charge on any atom is -0.481 e. The minimum atomic E-state index is -0.803. The lowest BCUT2D eigenvalue weighted by molar-refractivity contribution is -0.136. The van der Waals surface area contributed by atoms with Crippen molar-refractivity contribution in [1.82, 2.24) is 4.90 Å². The molecule has 0 radical (unpaired) electrons. The second-order valence-electron chi connectivity index (χ2n) is 9.06. The molecule has 2 N–H and O–H groups in total. The van der Waals surface area contributed by atoms with Crippen LogP contribution >= 0.6 is 11.6 Å². The number of aliphatic hydroxyl groups is 1. The van der Waals surface area contributed by atoms with E-state index in [9.17, 15) is 9.90 Å². The second kappa shape index (κ2) is 12.5. The van der Waals surface area contributed by atoms with E-state index < -0.39 is 12.1 Å². The number of aryl methyl sites for hydroxylation is 2. The smallest absolute Gasteiger partial charge is 0.303 e. The molecule has 5 nitrogen and oxygen atoms in total. The molecule has 0 aliphatic carbocycles. The van der Waals surface area contributed by atoms with Gasteiger partial charge in [0.15, 0.2) is 0 Å². The van der Waals surface area contributed by atoms with Crippen molar-refractivity contribution in [1.29, 1.82) is 0 Å². The average molecular weight is 474 g/mol. The van der Waals surface area contributed by atoms with Crippen LogP contribution in [0.4, 0.5) is 0 Å². The molecule has 2 aromatic rings. The van der Waals surface area contributed by atoms with Crippen molar-refractivity contribution in [2.75, 3.05) is 19.7 Å². The van der Waals surface area contributed by atoms with Crippen LogP contribution in [0.5, 0.6) is 0 Å². The van der Waals surface area contributed by atoms with Gasteiger partial charge in [0.2, 0.25) is 0 Å². The van der Waals surface area contributed by atoms with E-state index in [4.69, 9.17) is 21.4 Å². The van der Waals surface area contributed by atoms with E-state index in [-0.39, 0.29) is 19.1 Å². The third-order valence-corrected chi connectivity index (χ3v) is 6.93. The van der Waals surface area contributed by atoms with Gasteiger partial charge in [-0.25, -0.2) is 0 Å². The summed E-state index contributed by atoms with van der Waals surface area (Å²) < 4.78 is 6.14. The first-order chi connectivity index (χ1) is 15.9. The normalized spacial score (nSPS) is 18.4. The van der Waals surface area contributed by atoms with Crippen LogP contribution in [0.25, 0.3) is 0 Å². The largest absolute Gasteiger partial charge is 0.481 e. The number of carboxylic acids is 1. The first kappa shape index (κ1) is 25.7. The molecule has 1 heterocycles. The fourth-order valence-corrected chi connectivity index (χ4v) is 4.90. The number of aliphatic hydroxyl groups excluding tert-OH is 1. The maximum atomic E-state index is 11.0. The first-order valence-corrected chi connectivity index (χ1v) is 12.3. The number of ether oxygens (including phenoxy) is 1. The van der Waals surface area contributed by atoms with E-state index in [1.807, 2.05) is 38.1 Å². The number of rotatable bonds is 12. The summed E-state index contributed by atoms with van der Waals surface area (Å²) in [6.07, 6.45) is 3.78. The van der Waals surface area contributed by atoms with Crippen LogP contribution < -0.4 is 0 Å². The van der Waals surface area contributed by atoms with Gasteiger partial charge >= 0.3 is 5.97 Å². The van der Waals surface area contributed by atoms with Crippen LogP contribution in [0.1, 0.15) is 61.0 Å². The third kappa shape index (κ3) is 7.54. The molecular formula is C27H36ClNO4. The van der Waals surface area contributed by atoms with Crippen molar-refractivity contribution < 1.29 is 19.7 Å². The summed E-state index contributed by atoms with van der Waals surface area (Å²) in [5.74, 6) is -0.803. The maximum absolute atomic E-state index is 11.0. The summed E-state index contributed by atoms with van der Waals surface area (Å²) in [6.45, 7) is 5.88. The van der Waals surface area contributed by atoms with Gasteiger partial charge in [-0.3, -0.25) is 9.69 Å². The number of nitrogens with zero attached hydrogens (tertiary/aromatic N) is 1. The lowest BCUT2D eigenvalue weighted by Crippen LogP contribution is -2.39. The number of carbonyl (C=O) groups is 1. The van der Waals surface area contributed by atoms with Crippen molar-refractivity contribution in [2.24, 2.45) is 0 Å². The lowest BCUT2D eigenvalue weighted by Gasteiger charge is -2.28. The number of likely N-dealkylation sites (tertiary alicyclic amines) is 1. The van der Waals surface area contributed by atoms with Gasteiger partial charge in [0, 0.05) is 24.0 Å². The number of aliphatic carboxylic acids is 1. The SMILES string of the molecule is CC[C@@H](OC[C@H](O)CN1CCC[C@H]1Cc1ccc(C)c(Cl)c1)c1ccccc1CCC(=O)O. The minimum absolute atomic E-state index is 0.0958. The fraction of sp³-hybridized carbons (Fsp3) is 0.519. The highest BCUT2D eigenvalue weighted by Crippen LogP contribution is 2.27. The van der Waals surface area contributed by atoms with E-state index in [0.717, 1.165) is 53.9 Å². The van der Waals surface area contributed by atoms with Crippen molar-refractivity contribution in [3.8, 4) is 0 Å². The van der Waals surface area contributed by atoms with Gasteiger partial charge in [-0.05, 0) is 73.9 Å². The molecule has 1 aliphatic heterocycles. The van der Waals surface area contributed by atoms with E-state index in [0.29, 0.717) is 19.0 Å². The van der Waals surface area contributed by atoms with Crippen LogP contribution in [0.15, 0.2) is 42.5 Å². The van der Waals surface area contributed by atoms with Crippen molar-refractivity contribution in [3.05, 3.63) is 69.7 Å². The molecule has 33 heavy (non-hydrogen) atoms. The Hall–Kier alpha value is -1.92. The Morgan fingerprint density at radius 3 is 2.79 bits per heavy atom. The lowest BCUT2D eigenvalue weighted by atomic mass is 9.97. The Labute approximate surface area is 202 Å². The number of β-amino-alcohol motifs (C(OH)–C–C–N with tert-alkyl or cyclic N) is 1. The molecule has 1 aliphatic rings. The summed E-state index contributed by atoms with van der Waals surface area (Å²) >= 11 is 6.30. The summed E-state index contributed by atoms with van der Waals surface area (Å²) in [7, 11) is 0. The number of halogens is 1. The highest BCUT2D eigenvalue weighted by Gasteiger charge is 2.27. The Balaban J connectivity index is 1.54. The number of hydrogen-bond acceptors (Lipinski definition) is 4. The number of carboxylic acid groups (broad SMARTS) is 1. The zero-order valence-corrected chi connectivity index (χ0v) is 20.4. The number of benzene rings is 2. The zero-order valence-electron chi connectivity index (χ0n) is 19.7. The summed E-state index contributed by atoms with van der Waals surface area (Å²) in [5, 5.41) is 20.6. The topological polar surface area (TPSA) is 70.0 Å². The summed E-state index contributed by atoms with van der Waals surface area (Å²) in [5.41, 5.74) is 4.34. The van der Waals surface area contributed by atoms with Gasteiger partial charge in [0.1, 0.15) is 0 Å². The molecule has 0 spiro atoms. The molecule has 3 atom stereocenters. The van der Waals surface area contributed by atoms with E-state index >= 15 is 0 Å². The zero-order chi connectivity index (χ0) is 23.8. The Morgan fingerprint density at radius 1 is 1.27 bits per heavy atom. The predicted octanol–water partition coefficient (Wildman–Crippen LogP) is 5.20. The molecule has 180 valence electrons. The van der Waals surface area contributed by atoms with Crippen LogP contribution in [0, 0.1) is 6.92 Å². The molecule has 6 heteroatoms. The molecular weight excluding hydrogens is 438 g/mol. The van der Waals surface area contributed by atoms with Crippen LogP contribution in [0.2, 0.25) is 5.02 Å². The fourth-order valence-electron chi connectivity index (χ4n) is 4.70. The van der Waals surface area contributed by atoms with Crippen LogP contribution in [-0.4, -0.2) is 52.9 Å². The van der Waals surface area contributed by atoms with E-state index in [1.54, 1.807) is 0 Å². The molecule has 0 bridgehead atoms. The molecule has 2 aromatic carbocycles. The molecule has 0 aromatic heterocycles. The quantitative estimate of drug-likeness (QED) is 0.443. The first-order valence-electron chi connectivity index (χ1n) is 12.0. The molecule has 0 amide bonds. The van der Waals surface area contributed by atoms with Gasteiger partial charge in [-0.2, -0.15) is 0 Å². The second-order valence-corrected chi connectivity index (χ2v) is 9.46. The summed E-state index contributed by atoms with van der Waals surface area (Å²) in [6, 6.07) is 14.5. The van der Waals surface area contributed by atoms with Gasteiger partial charge in [0.25, 0.3) is 0 Å². The van der Waals surface area contributed by atoms with Gasteiger partial charge in [0.05, 0.1) is 18.8 Å². The van der Waals surface area contributed by atoms with Crippen LogP contribution in [-0.2, 0) is 22.4 Å². The predicted molar refractivity (Wildman–Crippen MR) is 132 cm³/mol. The monoisotopic (exact) mass is 473 g/mol. The average Bonchev–Trinajstić information content (AvgIpc) is 3.22. The molecule has 1 fully saturated rings. The Kier molecular flexibility index (Phi) is 9.75. The maximum Gasteiger partial charge on any atom is 0.303 e. The molecule has 0 saturated carbocycles. The Bertz CT molecular complexity index is 919. The Morgan fingerprint density at radius 2 is 2.06 bits per heavy atom. The van der Waals surface area contributed by atoms with E-state index in [1.165, 1.54) is 5.56 Å². The third-order valence-electron chi connectivity index (χ3n) is 6.52. The standard InChI is InChI=1S/C27H36ClNO4/c1-3-26(24-9-5-4-7-21(24)12-13-27(31)32)33-18-23(30)17-29-14-6-8-22(29)15-20-11-10-19(2)25(28)16-20/h4-5,7,9-11,16,22-23,26,30H,3,6,8,12-15,17-18H2,1-2H3,(H,31,32)/t22-,23+,26+/m0/s1. The van der Waals surface area contributed by atoms with Gasteiger partial charge in [-0.15, -0.1) is 0 Å². The molecule has 0 unspecified atom stereocenters. The van der Waals surface area contributed by atoms with Crippen molar-refractivity contribution in [2.45, 2.75) is 70.6 Å². The van der Waals surface area contributed by atoms with Crippen molar-refractivity contribution in [3.63, 3.8) is 0 Å². The highest BCUT2D eigenvalue weighted by molar-refractivity contribution is 6.31. The number of hydrogen-bond donors (Lipinski definition) is 2.